The first-order chi connectivity index (χ1) is 10.2. The van der Waals surface area contributed by atoms with Crippen LogP contribution in [0.5, 0.6) is 0 Å². The SMILES string of the molecule is Cc1ccc(C(=O)NCc2ccc(-n3ccnc3)nc2)s1. The first-order valence-corrected chi connectivity index (χ1v) is 7.32. The topological polar surface area (TPSA) is 59.8 Å². The van der Waals surface area contributed by atoms with Gasteiger partial charge < -0.3 is 5.32 Å². The summed E-state index contributed by atoms with van der Waals surface area (Å²) >= 11 is 1.49. The average molecular weight is 298 g/mol. The normalized spacial score (nSPS) is 10.5. The van der Waals surface area contributed by atoms with Crippen molar-refractivity contribution in [3.05, 3.63) is 64.5 Å². The van der Waals surface area contributed by atoms with Crippen LogP contribution in [0.15, 0.2) is 49.2 Å². The van der Waals surface area contributed by atoms with Crippen molar-refractivity contribution >= 4 is 17.2 Å². The van der Waals surface area contributed by atoms with E-state index in [4.69, 9.17) is 0 Å². The maximum Gasteiger partial charge on any atom is 0.261 e. The first kappa shape index (κ1) is 13.5. The molecule has 0 saturated heterocycles. The van der Waals surface area contributed by atoms with Crippen molar-refractivity contribution in [3.8, 4) is 5.82 Å². The van der Waals surface area contributed by atoms with Crippen LogP contribution in [0.1, 0.15) is 20.1 Å². The minimum Gasteiger partial charge on any atom is -0.347 e. The molecule has 3 aromatic heterocycles. The van der Waals surface area contributed by atoms with Crippen LogP contribution in [0.25, 0.3) is 5.82 Å². The molecule has 106 valence electrons. The number of pyridine rings is 1. The molecule has 1 N–H and O–H groups in total. The lowest BCUT2D eigenvalue weighted by molar-refractivity contribution is 0.0955. The summed E-state index contributed by atoms with van der Waals surface area (Å²) in [5.41, 5.74) is 0.959. The third-order valence-corrected chi connectivity index (χ3v) is 3.99. The number of thiophene rings is 1. The largest absolute Gasteiger partial charge is 0.347 e. The second kappa shape index (κ2) is 5.88. The third-order valence-electron chi connectivity index (χ3n) is 3.00. The van der Waals surface area contributed by atoms with Gasteiger partial charge in [-0.3, -0.25) is 9.36 Å². The average Bonchev–Trinajstić information content (AvgIpc) is 3.16. The Hall–Kier alpha value is -2.47. The quantitative estimate of drug-likeness (QED) is 0.805. The highest BCUT2D eigenvalue weighted by Crippen LogP contribution is 2.14. The number of nitrogens with one attached hydrogen (secondary N) is 1. The van der Waals surface area contributed by atoms with Gasteiger partial charge in [0.15, 0.2) is 0 Å². The van der Waals surface area contributed by atoms with Gasteiger partial charge in [0, 0.05) is 30.0 Å². The van der Waals surface area contributed by atoms with E-state index in [1.165, 1.54) is 11.3 Å². The minimum atomic E-state index is -0.0493. The Bertz CT molecular complexity index is 731. The fraction of sp³-hybridized carbons (Fsp3) is 0.133. The van der Waals surface area contributed by atoms with Crippen LogP contribution >= 0.6 is 11.3 Å². The summed E-state index contributed by atoms with van der Waals surface area (Å²) in [5, 5.41) is 2.90. The van der Waals surface area contributed by atoms with E-state index in [2.05, 4.69) is 15.3 Å². The van der Waals surface area contributed by atoms with Crippen LogP contribution in [0.3, 0.4) is 0 Å². The molecule has 0 aliphatic carbocycles. The fourth-order valence-electron chi connectivity index (χ4n) is 1.89. The van der Waals surface area contributed by atoms with Gasteiger partial charge in [-0.25, -0.2) is 9.97 Å². The summed E-state index contributed by atoms with van der Waals surface area (Å²) in [6.07, 6.45) is 7.00. The lowest BCUT2D eigenvalue weighted by Crippen LogP contribution is -2.21. The Labute approximate surface area is 126 Å². The molecule has 3 heterocycles. The summed E-state index contributed by atoms with van der Waals surface area (Å²) in [7, 11) is 0. The van der Waals surface area contributed by atoms with Crippen molar-refractivity contribution in [2.75, 3.05) is 0 Å². The molecule has 1 amide bonds. The molecule has 0 aromatic carbocycles. The lowest BCUT2D eigenvalue weighted by atomic mass is 10.2. The van der Waals surface area contributed by atoms with E-state index in [0.717, 1.165) is 21.1 Å². The summed E-state index contributed by atoms with van der Waals surface area (Å²) in [6.45, 7) is 2.45. The van der Waals surface area contributed by atoms with Crippen LogP contribution in [0.4, 0.5) is 0 Å². The predicted molar refractivity (Wildman–Crippen MR) is 81.6 cm³/mol. The van der Waals surface area contributed by atoms with Gasteiger partial charge in [0.1, 0.15) is 12.1 Å². The second-order valence-electron chi connectivity index (χ2n) is 4.59. The van der Waals surface area contributed by atoms with E-state index in [1.807, 2.05) is 42.0 Å². The van der Waals surface area contributed by atoms with Crippen molar-refractivity contribution in [2.24, 2.45) is 0 Å². The Morgan fingerprint density at radius 2 is 2.24 bits per heavy atom. The molecule has 3 rings (SSSR count). The zero-order chi connectivity index (χ0) is 14.7. The molecule has 0 saturated carbocycles. The molecule has 0 bridgehead atoms. The van der Waals surface area contributed by atoms with E-state index >= 15 is 0 Å². The highest BCUT2D eigenvalue weighted by molar-refractivity contribution is 7.13. The summed E-state index contributed by atoms with van der Waals surface area (Å²) in [6, 6.07) is 7.64. The molecule has 0 radical (unpaired) electrons. The van der Waals surface area contributed by atoms with Crippen molar-refractivity contribution in [1.82, 2.24) is 19.9 Å². The molecule has 0 aliphatic rings. The second-order valence-corrected chi connectivity index (χ2v) is 5.88. The monoisotopic (exact) mass is 298 g/mol. The molecule has 0 unspecified atom stereocenters. The molecule has 0 aliphatic heterocycles. The number of carbonyl (C=O) groups excluding carboxylic acids is 1. The van der Waals surface area contributed by atoms with E-state index in [-0.39, 0.29) is 5.91 Å². The Morgan fingerprint density at radius 1 is 1.33 bits per heavy atom. The first-order valence-electron chi connectivity index (χ1n) is 6.50. The molecule has 0 spiro atoms. The maximum absolute atomic E-state index is 12.0. The predicted octanol–water partition coefficient (Wildman–Crippen LogP) is 2.57. The van der Waals surface area contributed by atoms with Crippen LogP contribution in [0.2, 0.25) is 0 Å². The maximum atomic E-state index is 12.0. The third kappa shape index (κ3) is 3.17. The van der Waals surface area contributed by atoms with Crippen LogP contribution < -0.4 is 5.32 Å². The molecular formula is C15H14N4OS. The number of rotatable bonds is 4. The molecule has 21 heavy (non-hydrogen) atoms. The molecular weight excluding hydrogens is 284 g/mol. The Kier molecular flexibility index (Phi) is 3.79. The zero-order valence-corrected chi connectivity index (χ0v) is 12.3. The van der Waals surface area contributed by atoms with Gasteiger partial charge in [-0.2, -0.15) is 0 Å². The highest BCUT2D eigenvalue weighted by Gasteiger charge is 2.07. The van der Waals surface area contributed by atoms with Gasteiger partial charge in [-0.1, -0.05) is 6.07 Å². The van der Waals surface area contributed by atoms with Crippen molar-refractivity contribution in [1.29, 1.82) is 0 Å². The molecule has 0 atom stereocenters. The van der Waals surface area contributed by atoms with Crippen LogP contribution in [-0.4, -0.2) is 20.4 Å². The summed E-state index contributed by atoms with van der Waals surface area (Å²) in [4.78, 5) is 22.1. The molecule has 5 nitrogen and oxygen atoms in total. The van der Waals surface area contributed by atoms with Gasteiger partial charge in [-0.15, -0.1) is 11.3 Å². The van der Waals surface area contributed by atoms with Crippen molar-refractivity contribution < 1.29 is 4.79 Å². The minimum absolute atomic E-state index is 0.0493. The van der Waals surface area contributed by atoms with Crippen LogP contribution in [0, 0.1) is 6.92 Å². The van der Waals surface area contributed by atoms with Crippen LogP contribution in [-0.2, 0) is 6.54 Å². The van der Waals surface area contributed by atoms with E-state index in [1.54, 1.807) is 18.7 Å². The lowest BCUT2D eigenvalue weighted by Gasteiger charge is -2.05. The van der Waals surface area contributed by atoms with Crippen molar-refractivity contribution in [2.45, 2.75) is 13.5 Å². The molecule has 3 aromatic rings. The molecule has 0 fully saturated rings. The number of aryl methyl sites for hydroxylation is 1. The number of nitrogens with zero attached hydrogens (tertiary/aromatic N) is 3. The Morgan fingerprint density at radius 3 is 2.86 bits per heavy atom. The highest BCUT2D eigenvalue weighted by atomic mass is 32.1. The van der Waals surface area contributed by atoms with Gasteiger partial charge in [-0.05, 0) is 30.7 Å². The summed E-state index contributed by atoms with van der Waals surface area (Å²) in [5.74, 6) is 0.753. The van der Waals surface area contributed by atoms with E-state index in [0.29, 0.717) is 6.54 Å². The van der Waals surface area contributed by atoms with Gasteiger partial charge >= 0.3 is 0 Å². The number of imidazole rings is 1. The van der Waals surface area contributed by atoms with Crippen molar-refractivity contribution in [3.63, 3.8) is 0 Å². The smallest absolute Gasteiger partial charge is 0.261 e. The Balaban J connectivity index is 1.62. The summed E-state index contributed by atoms with van der Waals surface area (Å²) < 4.78 is 1.83. The number of carbonyl (C=O) groups is 1. The standard InChI is InChI=1S/C15H14N4OS/c1-11-2-4-13(21-11)15(20)18-9-12-3-5-14(17-8-12)19-7-6-16-10-19/h2-8,10H,9H2,1H3,(H,18,20). The van der Waals surface area contributed by atoms with Gasteiger partial charge in [0.2, 0.25) is 0 Å². The number of aromatic nitrogens is 3. The zero-order valence-electron chi connectivity index (χ0n) is 11.5. The number of hydrogen-bond donors (Lipinski definition) is 1. The fourth-order valence-corrected chi connectivity index (χ4v) is 2.68. The van der Waals surface area contributed by atoms with E-state index < -0.39 is 0 Å². The van der Waals surface area contributed by atoms with Gasteiger partial charge in [0.05, 0.1) is 4.88 Å². The van der Waals surface area contributed by atoms with Gasteiger partial charge in [0.25, 0.3) is 5.91 Å². The molecule has 6 heteroatoms. The number of amides is 1. The van der Waals surface area contributed by atoms with E-state index in [9.17, 15) is 4.79 Å². The number of hydrogen-bond acceptors (Lipinski definition) is 4.